The number of nitrogens with zero attached hydrogens (tertiary/aromatic N) is 4. The number of anilines is 1. The van der Waals surface area contributed by atoms with Crippen LogP contribution in [0.15, 0.2) is 58.2 Å². The number of hydrogen-bond acceptors (Lipinski definition) is 7. The number of hydrogen-bond donors (Lipinski definition) is 2. The maximum absolute atomic E-state index is 13.8. The minimum atomic E-state index is -4.07. The predicted molar refractivity (Wildman–Crippen MR) is 151 cm³/mol. The average molecular weight is 554 g/mol. The molecule has 39 heavy (non-hydrogen) atoms. The van der Waals surface area contributed by atoms with Crippen LogP contribution in [0.3, 0.4) is 0 Å². The van der Waals surface area contributed by atoms with Gasteiger partial charge in [0.05, 0.1) is 41.6 Å². The highest BCUT2D eigenvalue weighted by Gasteiger charge is 2.27. The molecule has 0 radical (unpaired) electrons. The zero-order chi connectivity index (χ0) is 28.0. The second-order valence-electron chi connectivity index (χ2n) is 9.21. The Morgan fingerprint density at radius 2 is 1.85 bits per heavy atom. The first-order valence-electron chi connectivity index (χ1n) is 13.3. The summed E-state index contributed by atoms with van der Waals surface area (Å²) in [5, 5.41) is 14.3. The molecule has 2 aromatic carbocycles. The van der Waals surface area contributed by atoms with Gasteiger partial charge in [0.15, 0.2) is 11.3 Å². The van der Waals surface area contributed by atoms with Gasteiger partial charge in [-0.3, -0.25) is 9.10 Å². The van der Waals surface area contributed by atoms with Crippen LogP contribution < -0.4 is 14.6 Å². The first kappa shape index (κ1) is 28.3. The summed E-state index contributed by atoms with van der Waals surface area (Å²) in [5.41, 5.74) is 1.34. The van der Waals surface area contributed by atoms with E-state index in [1.165, 1.54) is 12.1 Å². The maximum Gasteiger partial charge on any atom is 0.277 e. The lowest BCUT2D eigenvalue weighted by atomic mass is 10.1. The molecule has 0 atom stereocenters. The van der Waals surface area contributed by atoms with Gasteiger partial charge in [-0.05, 0) is 50.6 Å². The lowest BCUT2D eigenvalue weighted by molar-refractivity contribution is 0.306. The van der Waals surface area contributed by atoms with Gasteiger partial charge in [-0.1, -0.05) is 44.4 Å². The van der Waals surface area contributed by atoms with E-state index in [-0.39, 0.29) is 29.4 Å². The Bertz CT molecular complexity index is 1580. The van der Waals surface area contributed by atoms with Crippen molar-refractivity contribution in [2.75, 3.05) is 24.1 Å². The van der Waals surface area contributed by atoms with Crippen molar-refractivity contribution in [2.24, 2.45) is 0 Å². The van der Waals surface area contributed by atoms with Gasteiger partial charge in [0.25, 0.3) is 15.6 Å². The van der Waals surface area contributed by atoms with Crippen LogP contribution in [0.1, 0.15) is 51.0 Å². The van der Waals surface area contributed by atoms with E-state index in [9.17, 15) is 18.3 Å². The quantitative estimate of drug-likeness (QED) is 0.238. The lowest BCUT2D eigenvalue weighted by Crippen LogP contribution is -2.33. The molecule has 0 bridgehead atoms. The van der Waals surface area contributed by atoms with Gasteiger partial charge >= 0.3 is 0 Å². The lowest BCUT2D eigenvalue weighted by Gasteiger charge is -2.24. The first-order valence-corrected chi connectivity index (χ1v) is 14.7. The fraction of sp³-hybridized carbons (Fsp3) is 0.393. The number of aryl methyl sites for hydroxylation is 2. The minimum absolute atomic E-state index is 0.0254. The van der Waals surface area contributed by atoms with Crippen LogP contribution in [0.2, 0.25) is 0 Å². The Morgan fingerprint density at radius 3 is 2.54 bits per heavy atom. The summed E-state index contributed by atoms with van der Waals surface area (Å²) in [6.07, 6.45) is 4.89. The van der Waals surface area contributed by atoms with Gasteiger partial charge in [0, 0.05) is 6.42 Å². The van der Waals surface area contributed by atoms with Gasteiger partial charge < -0.3 is 14.8 Å². The van der Waals surface area contributed by atoms with E-state index in [0.717, 1.165) is 30.0 Å². The van der Waals surface area contributed by atoms with Crippen LogP contribution in [0, 0.1) is 6.92 Å². The summed E-state index contributed by atoms with van der Waals surface area (Å²) in [4.78, 5) is 20.5. The minimum Gasteiger partial charge on any atom is -0.493 e. The Labute approximate surface area is 228 Å². The number of aliphatic hydroxyl groups excluding tert-OH is 1. The van der Waals surface area contributed by atoms with Crippen molar-refractivity contribution in [1.29, 1.82) is 0 Å². The molecule has 4 aromatic rings. The van der Waals surface area contributed by atoms with Crippen LogP contribution in [-0.4, -0.2) is 52.9 Å². The number of para-hydroxylation sites is 1. The molecule has 2 N–H and O–H groups in total. The molecule has 11 heteroatoms. The zero-order valence-corrected chi connectivity index (χ0v) is 23.4. The summed E-state index contributed by atoms with van der Waals surface area (Å²) >= 11 is 0. The molecule has 2 aromatic heterocycles. The Balaban J connectivity index is 1.84. The summed E-state index contributed by atoms with van der Waals surface area (Å²) < 4.78 is 36.0. The van der Waals surface area contributed by atoms with Crippen molar-refractivity contribution in [3.63, 3.8) is 0 Å². The highest BCUT2D eigenvalue weighted by molar-refractivity contribution is 7.92. The zero-order valence-electron chi connectivity index (χ0n) is 22.6. The average Bonchev–Trinajstić information content (AvgIpc) is 3.25. The molecular formula is C28H35N5O5S. The third-order valence-corrected chi connectivity index (χ3v) is 8.26. The second kappa shape index (κ2) is 12.4. The number of H-pyrrole nitrogens is 1. The molecule has 0 amide bonds. The van der Waals surface area contributed by atoms with E-state index in [0.29, 0.717) is 47.1 Å². The molecule has 0 aliphatic rings. The van der Waals surface area contributed by atoms with Crippen molar-refractivity contribution in [1.82, 2.24) is 19.6 Å². The number of aliphatic hydroxyl groups is 1. The number of fused-ring (bicyclic) bond motifs is 1. The number of imidazole rings is 1. The SMILES string of the molecule is CCCCCCc1nc(C)c2c(=O)[nH]c(-c3cc(S(=O)(=O)N(CCO)c4ccccc4)ccc3OCC)nn12. The standard InChI is InChI=1S/C28H35N5O5S/c1-4-6-7-11-14-25-29-20(3)26-28(35)30-27(31-33(25)26)23-19-22(15-16-24(23)38-5-2)39(36,37)32(17-18-34)21-12-9-8-10-13-21/h8-10,12-13,15-16,19,34H,4-7,11,14,17-18H2,1-3H3,(H,30,31,35). The fourth-order valence-corrected chi connectivity index (χ4v) is 6.05. The van der Waals surface area contributed by atoms with Crippen molar-refractivity contribution in [3.05, 3.63) is 70.4 Å². The molecule has 2 heterocycles. The predicted octanol–water partition coefficient (Wildman–Crippen LogP) is 4.10. The van der Waals surface area contributed by atoms with Crippen LogP contribution in [0.25, 0.3) is 16.9 Å². The number of rotatable bonds is 13. The number of aromatic nitrogens is 4. The molecule has 0 spiro atoms. The van der Waals surface area contributed by atoms with E-state index in [1.807, 2.05) is 6.92 Å². The molecule has 0 aliphatic heterocycles. The monoisotopic (exact) mass is 553 g/mol. The molecule has 0 fully saturated rings. The molecule has 0 unspecified atom stereocenters. The number of unbranched alkanes of at least 4 members (excludes halogenated alkanes) is 3. The Hall–Kier alpha value is -3.70. The summed E-state index contributed by atoms with van der Waals surface area (Å²) in [6.45, 7) is 5.60. The van der Waals surface area contributed by atoms with Gasteiger partial charge in [-0.15, -0.1) is 5.10 Å². The molecule has 4 rings (SSSR count). The Morgan fingerprint density at radius 1 is 1.08 bits per heavy atom. The van der Waals surface area contributed by atoms with Crippen LogP contribution in [0.4, 0.5) is 5.69 Å². The summed E-state index contributed by atoms with van der Waals surface area (Å²) in [6, 6.07) is 13.0. The summed E-state index contributed by atoms with van der Waals surface area (Å²) in [5.74, 6) is 1.24. The van der Waals surface area contributed by atoms with E-state index >= 15 is 0 Å². The van der Waals surface area contributed by atoms with Crippen LogP contribution >= 0.6 is 0 Å². The normalized spacial score (nSPS) is 11.7. The largest absolute Gasteiger partial charge is 0.493 e. The molecule has 10 nitrogen and oxygen atoms in total. The van der Waals surface area contributed by atoms with Gasteiger partial charge in [0.2, 0.25) is 0 Å². The van der Waals surface area contributed by atoms with Crippen molar-refractivity contribution >= 4 is 21.2 Å². The smallest absolute Gasteiger partial charge is 0.277 e. The van der Waals surface area contributed by atoms with E-state index in [2.05, 4.69) is 16.9 Å². The number of sulfonamides is 1. The molecular weight excluding hydrogens is 518 g/mol. The van der Waals surface area contributed by atoms with Gasteiger partial charge in [-0.2, -0.15) is 0 Å². The van der Waals surface area contributed by atoms with E-state index < -0.39 is 10.0 Å². The number of ether oxygens (including phenoxy) is 1. The van der Waals surface area contributed by atoms with E-state index in [4.69, 9.17) is 9.84 Å². The molecule has 0 saturated heterocycles. The topological polar surface area (TPSA) is 130 Å². The van der Waals surface area contributed by atoms with Crippen molar-refractivity contribution in [3.8, 4) is 17.1 Å². The van der Waals surface area contributed by atoms with Crippen molar-refractivity contribution < 1.29 is 18.3 Å². The van der Waals surface area contributed by atoms with Crippen molar-refractivity contribution in [2.45, 2.75) is 57.8 Å². The fourth-order valence-electron chi connectivity index (χ4n) is 4.57. The molecule has 208 valence electrons. The number of aromatic amines is 1. The highest BCUT2D eigenvalue weighted by Crippen LogP contribution is 2.32. The second-order valence-corrected chi connectivity index (χ2v) is 11.1. The molecule has 0 saturated carbocycles. The summed E-state index contributed by atoms with van der Waals surface area (Å²) in [7, 11) is -4.07. The van der Waals surface area contributed by atoms with Gasteiger partial charge in [0.1, 0.15) is 11.6 Å². The highest BCUT2D eigenvalue weighted by atomic mass is 32.2. The third-order valence-electron chi connectivity index (χ3n) is 6.44. The number of nitrogens with one attached hydrogen (secondary N) is 1. The third kappa shape index (κ3) is 5.99. The van der Waals surface area contributed by atoms with E-state index in [1.54, 1.807) is 47.8 Å². The maximum atomic E-state index is 13.8. The van der Waals surface area contributed by atoms with Crippen LogP contribution in [-0.2, 0) is 16.4 Å². The molecule has 0 aliphatic carbocycles. The number of benzene rings is 2. The van der Waals surface area contributed by atoms with Gasteiger partial charge in [-0.25, -0.2) is 17.9 Å². The first-order chi connectivity index (χ1) is 18.8. The van der Waals surface area contributed by atoms with Crippen LogP contribution in [0.5, 0.6) is 5.75 Å². The Kier molecular flexibility index (Phi) is 9.03.